The van der Waals surface area contributed by atoms with Crippen LogP contribution in [0, 0.1) is 10.1 Å². The monoisotopic (exact) mass is 332 g/mol. The molecule has 2 aromatic rings. The van der Waals surface area contributed by atoms with E-state index in [0.717, 1.165) is 5.56 Å². The summed E-state index contributed by atoms with van der Waals surface area (Å²) in [4.78, 5) is 23.1. The van der Waals surface area contributed by atoms with E-state index in [0.29, 0.717) is 10.6 Å². The van der Waals surface area contributed by atoms with Gasteiger partial charge in [-0.25, -0.2) is 4.79 Å². The van der Waals surface area contributed by atoms with Crippen LogP contribution in [0.3, 0.4) is 0 Å². The Labute approximate surface area is 137 Å². The lowest BCUT2D eigenvalue weighted by atomic mass is 10.1. The van der Waals surface area contributed by atoms with Crippen LogP contribution in [0.25, 0.3) is 0 Å². The van der Waals surface area contributed by atoms with Crippen molar-refractivity contribution in [2.45, 2.75) is 17.6 Å². The maximum Gasteiger partial charge on any atom is 0.341 e. The molecule has 0 aliphatic carbocycles. The third-order valence-electron chi connectivity index (χ3n) is 3.10. The van der Waals surface area contributed by atoms with Gasteiger partial charge in [0.05, 0.1) is 11.5 Å². The largest absolute Gasteiger partial charge is 0.462 e. The van der Waals surface area contributed by atoms with Crippen molar-refractivity contribution in [3.05, 3.63) is 63.7 Å². The summed E-state index contributed by atoms with van der Waals surface area (Å²) in [6.07, 6.45) is 0. The molecule has 0 amide bonds. The van der Waals surface area contributed by atoms with Crippen LogP contribution in [0.5, 0.6) is 0 Å². The fourth-order valence-electron chi connectivity index (χ4n) is 2.02. The summed E-state index contributed by atoms with van der Waals surface area (Å²) in [6.45, 7) is 1.84. The average molecular weight is 332 g/mol. The highest BCUT2D eigenvalue weighted by molar-refractivity contribution is 7.98. The molecule has 7 heteroatoms. The Bertz CT molecular complexity index is 720. The van der Waals surface area contributed by atoms with Crippen LogP contribution in [-0.2, 0) is 10.5 Å². The van der Waals surface area contributed by atoms with Gasteiger partial charge >= 0.3 is 5.97 Å². The molecule has 0 radical (unpaired) electrons. The molecule has 0 saturated heterocycles. The zero-order chi connectivity index (χ0) is 16.8. The Morgan fingerprint density at radius 1 is 1.26 bits per heavy atom. The SMILES string of the molecule is CCOC(=O)c1c(SCc2ccccc2)ccc([N+](=O)[O-])c1N. The average Bonchev–Trinajstić information content (AvgIpc) is 2.53. The number of hydrogen-bond acceptors (Lipinski definition) is 6. The lowest BCUT2D eigenvalue weighted by molar-refractivity contribution is -0.384. The molecule has 0 heterocycles. The Hall–Kier alpha value is -2.54. The normalized spacial score (nSPS) is 10.3. The minimum absolute atomic E-state index is 0.0574. The second-order valence-corrected chi connectivity index (χ2v) is 5.64. The molecule has 0 aliphatic heterocycles. The van der Waals surface area contributed by atoms with Crippen LogP contribution in [0.15, 0.2) is 47.4 Å². The summed E-state index contributed by atoms with van der Waals surface area (Å²) >= 11 is 1.39. The van der Waals surface area contributed by atoms with E-state index in [9.17, 15) is 14.9 Å². The number of carbonyl (C=O) groups is 1. The molecule has 0 spiro atoms. The minimum Gasteiger partial charge on any atom is -0.462 e. The Morgan fingerprint density at radius 2 is 1.96 bits per heavy atom. The number of hydrogen-bond donors (Lipinski definition) is 1. The first-order chi connectivity index (χ1) is 11.0. The highest BCUT2D eigenvalue weighted by Gasteiger charge is 2.24. The number of thioether (sulfide) groups is 1. The summed E-state index contributed by atoms with van der Waals surface area (Å²) < 4.78 is 4.98. The van der Waals surface area contributed by atoms with Crippen LogP contribution in [0.1, 0.15) is 22.8 Å². The molecule has 0 aromatic heterocycles. The third-order valence-corrected chi connectivity index (χ3v) is 4.23. The highest BCUT2D eigenvalue weighted by atomic mass is 32.2. The van der Waals surface area contributed by atoms with Gasteiger partial charge in [0.2, 0.25) is 0 Å². The zero-order valence-electron chi connectivity index (χ0n) is 12.5. The first kappa shape index (κ1) is 16.8. The molecule has 0 atom stereocenters. The molecule has 6 nitrogen and oxygen atoms in total. The molecule has 0 bridgehead atoms. The fraction of sp³-hybridized carbons (Fsp3) is 0.188. The smallest absolute Gasteiger partial charge is 0.341 e. The maximum absolute atomic E-state index is 12.1. The fourth-order valence-corrected chi connectivity index (χ4v) is 3.03. The van der Waals surface area contributed by atoms with Gasteiger partial charge in [0.1, 0.15) is 11.3 Å². The maximum atomic E-state index is 12.1. The van der Waals surface area contributed by atoms with E-state index < -0.39 is 10.9 Å². The number of rotatable bonds is 6. The predicted octanol–water partition coefficient (Wildman–Crippen LogP) is 3.65. The summed E-state index contributed by atoms with van der Waals surface area (Å²) in [5, 5.41) is 11.0. The first-order valence-corrected chi connectivity index (χ1v) is 7.93. The van der Waals surface area contributed by atoms with E-state index in [1.165, 1.54) is 23.9 Å². The van der Waals surface area contributed by atoms with Gasteiger partial charge < -0.3 is 10.5 Å². The van der Waals surface area contributed by atoms with Crippen molar-refractivity contribution in [3.8, 4) is 0 Å². The van der Waals surface area contributed by atoms with E-state index in [2.05, 4.69) is 0 Å². The van der Waals surface area contributed by atoms with E-state index in [1.807, 2.05) is 30.3 Å². The topological polar surface area (TPSA) is 95.5 Å². The highest BCUT2D eigenvalue weighted by Crippen LogP contribution is 2.35. The molecule has 23 heavy (non-hydrogen) atoms. The van der Waals surface area contributed by atoms with Gasteiger partial charge in [-0.2, -0.15) is 0 Å². The lowest BCUT2D eigenvalue weighted by Crippen LogP contribution is -2.11. The van der Waals surface area contributed by atoms with Crippen LogP contribution in [-0.4, -0.2) is 17.5 Å². The first-order valence-electron chi connectivity index (χ1n) is 6.95. The third kappa shape index (κ3) is 4.01. The summed E-state index contributed by atoms with van der Waals surface area (Å²) in [5.41, 5.74) is 6.51. The number of nitrogens with zero attached hydrogens (tertiary/aromatic N) is 1. The minimum atomic E-state index is -0.649. The van der Waals surface area contributed by atoms with E-state index in [4.69, 9.17) is 10.5 Å². The molecular formula is C16H16N2O4S. The lowest BCUT2D eigenvalue weighted by Gasteiger charge is -2.11. The van der Waals surface area contributed by atoms with Gasteiger partial charge in [0, 0.05) is 16.7 Å². The molecule has 0 aliphatic rings. The Balaban J connectivity index is 2.35. The Kier molecular flexibility index (Phi) is 5.59. The van der Waals surface area contributed by atoms with E-state index in [-0.39, 0.29) is 23.5 Å². The number of anilines is 1. The number of nitro benzene ring substituents is 1. The molecule has 0 unspecified atom stereocenters. The van der Waals surface area contributed by atoms with E-state index in [1.54, 1.807) is 6.92 Å². The molecule has 2 N–H and O–H groups in total. The number of esters is 1. The Morgan fingerprint density at radius 3 is 2.57 bits per heavy atom. The number of benzene rings is 2. The van der Waals surface area contributed by atoms with Gasteiger partial charge in [-0.1, -0.05) is 30.3 Å². The van der Waals surface area contributed by atoms with Crippen LogP contribution >= 0.6 is 11.8 Å². The van der Waals surface area contributed by atoms with Crippen molar-refractivity contribution >= 4 is 29.1 Å². The van der Waals surface area contributed by atoms with Crippen LogP contribution in [0.2, 0.25) is 0 Å². The van der Waals surface area contributed by atoms with Crippen molar-refractivity contribution in [1.82, 2.24) is 0 Å². The summed E-state index contributed by atoms with van der Waals surface area (Å²) in [7, 11) is 0. The zero-order valence-corrected chi connectivity index (χ0v) is 13.3. The van der Waals surface area contributed by atoms with Crippen molar-refractivity contribution in [2.24, 2.45) is 0 Å². The second kappa shape index (κ2) is 7.64. The quantitative estimate of drug-likeness (QED) is 0.285. The molecule has 2 rings (SSSR count). The number of nitrogen functional groups attached to an aromatic ring is 1. The number of carbonyl (C=O) groups excluding carboxylic acids is 1. The number of nitro groups is 1. The molecule has 0 saturated carbocycles. The van der Waals surface area contributed by atoms with E-state index >= 15 is 0 Å². The standard InChI is InChI=1S/C16H16N2O4S/c1-2-22-16(19)14-13(9-8-12(15(14)17)18(20)21)23-10-11-6-4-3-5-7-11/h3-9H,2,10,17H2,1H3. The van der Waals surface area contributed by atoms with Crippen molar-refractivity contribution in [3.63, 3.8) is 0 Å². The summed E-state index contributed by atoms with van der Waals surface area (Å²) in [5.74, 6) is -0.0333. The van der Waals surface area contributed by atoms with Crippen LogP contribution in [0.4, 0.5) is 11.4 Å². The molecule has 2 aromatic carbocycles. The van der Waals surface area contributed by atoms with Gasteiger partial charge in [-0.3, -0.25) is 10.1 Å². The molecule has 120 valence electrons. The number of nitrogens with two attached hydrogens (primary N) is 1. The predicted molar refractivity (Wildman–Crippen MR) is 89.5 cm³/mol. The van der Waals surface area contributed by atoms with Gasteiger partial charge in [0.25, 0.3) is 5.69 Å². The van der Waals surface area contributed by atoms with Gasteiger partial charge in [-0.15, -0.1) is 11.8 Å². The van der Waals surface area contributed by atoms with Crippen molar-refractivity contribution < 1.29 is 14.5 Å². The van der Waals surface area contributed by atoms with Crippen LogP contribution < -0.4 is 5.73 Å². The summed E-state index contributed by atoms with van der Waals surface area (Å²) in [6, 6.07) is 12.5. The van der Waals surface area contributed by atoms with Gasteiger partial charge in [0.15, 0.2) is 0 Å². The van der Waals surface area contributed by atoms with Crippen molar-refractivity contribution in [1.29, 1.82) is 0 Å². The van der Waals surface area contributed by atoms with Gasteiger partial charge in [-0.05, 0) is 18.6 Å². The van der Waals surface area contributed by atoms with Crippen molar-refractivity contribution in [2.75, 3.05) is 12.3 Å². The number of ether oxygens (including phenoxy) is 1. The second-order valence-electron chi connectivity index (χ2n) is 4.62. The molecule has 0 fully saturated rings. The molecular weight excluding hydrogens is 316 g/mol.